The Kier molecular flexibility index (Phi) is 11.6. The molecule has 1 N–H and O–H groups in total. The van der Waals surface area contributed by atoms with Gasteiger partial charge in [-0.3, -0.25) is 13.9 Å². The number of benzene rings is 2. The van der Waals surface area contributed by atoms with Gasteiger partial charge in [0.25, 0.3) is 0 Å². The molecule has 2 aromatic rings. The summed E-state index contributed by atoms with van der Waals surface area (Å²) < 4.78 is 31.7. The van der Waals surface area contributed by atoms with Gasteiger partial charge in [0, 0.05) is 26.1 Å². The molecular formula is C29H43N3O5S. The Bertz CT molecular complexity index is 1180. The predicted octanol–water partition coefficient (Wildman–Crippen LogP) is 4.44. The molecule has 9 heteroatoms. The van der Waals surface area contributed by atoms with Crippen LogP contribution in [-0.2, 0) is 26.2 Å². The third-order valence-electron chi connectivity index (χ3n) is 6.51. The second-order valence-electron chi connectivity index (χ2n) is 10.1. The molecule has 8 nitrogen and oxygen atoms in total. The highest BCUT2D eigenvalue weighted by Crippen LogP contribution is 2.23. The monoisotopic (exact) mass is 545 g/mol. The molecule has 0 bridgehead atoms. The Labute approximate surface area is 228 Å². The van der Waals surface area contributed by atoms with Gasteiger partial charge >= 0.3 is 0 Å². The zero-order valence-electron chi connectivity index (χ0n) is 23.8. The number of methoxy groups -OCH3 is 1. The number of amides is 2. The number of hydrogen-bond acceptors (Lipinski definition) is 5. The van der Waals surface area contributed by atoms with Crippen LogP contribution in [0.4, 0.5) is 5.69 Å². The van der Waals surface area contributed by atoms with Crippen molar-refractivity contribution in [1.29, 1.82) is 0 Å². The van der Waals surface area contributed by atoms with Gasteiger partial charge in [-0.05, 0) is 73.6 Å². The van der Waals surface area contributed by atoms with Crippen LogP contribution >= 0.6 is 0 Å². The molecule has 2 amide bonds. The zero-order valence-corrected chi connectivity index (χ0v) is 24.6. The Morgan fingerprint density at radius 1 is 1.03 bits per heavy atom. The third kappa shape index (κ3) is 9.04. The summed E-state index contributed by atoms with van der Waals surface area (Å²) >= 11 is 0. The maximum absolute atomic E-state index is 13.5. The standard InChI is InChI=1S/C29H43N3O5S/c1-8-27(29(34)30-19-21(2)3)31(20-24-12-15-26(37-6)16-13-24)28(33)10-9-17-32(38(7,35)36)25-14-11-22(4)23(5)18-25/h11-16,18,21,27H,8-10,17,19-20H2,1-7H3,(H,30,34)/t27-/m0/s1. The zero-order chi connectivity index (χ0) is 28.5. The van der Waals surface area contributed by atoms with Crippen LogP contribution in [-0.4, -0.2) is 57.6 Å². The molecule has 0 saturated carbocycles. The summed E-state index contributed by atoms with van der Waals surface area (Å²) in [6.07, 6.45) is 2.07. The van der Waals surface area contributed by atoms with Crippen LogP contribution in [0.1, 0.15) is 56.7 Å². The largest absolute Gasteiger partial charge is 0.497 e. The summed E-state index contributed by atoms with van der Waals surface area (Å²) in [7, 11) is -1.95. The molecule has 0 aliphatic carbocycles. The number of nitrogens with zero attached hydrogens (tertiary/aromatic N) is 2. The van der Waals surface area contributed by atoms with Gasteiger partial charge in [-0.15, -0.1) is 0 Å². The van der Waals surface area contributed by atoms with E-state index in [4.69, 9.17) is 4.74 Å². The molecule has 0 aliphatic heterocycles. The van der Waals surface area contributed by atoms with Crippen LogP contribution in [0.3, 0.4) is 0 Å². The lowest BCUT2D eigenvalue weighted by Crippen LogP contribution is -2.49. The number of nitrogens with one attached hydrogen (secondary N) is 1. The minimum atomic E-state index is -3.54. The Balaban J connectivity index is 2.23. The average molecular weight is 546 g/mol. The van der Waals surface area contributed by atoms with Crippen LogP contribution in [0.5, 0.6) is 5.75 Å². The maximum Gasteiger partial charge on any atom is 0.242 e. The van der Waals surface area contributed by atoms with E-state index in [2.05, 4.69) is 5.32 Å². The molecular weight excluding hydrogens is 502 g/mol. The van der Waals surface area contributed by atoms with E-state index in [9.17, 15) is 18.0 Å². The van der Waals surface area contributed by atoms with Crippen molar-refractivity contribution in [1.82, 2.24) is 10.2 Å². The molecule has 38 heavy (non-hydrogen) atoms. The number of ether oxygens (including phenoxy) is 1. The first-order valence-corrected chi connectivity index (χ1v) is 15.0. The van der Waals surface area contributed by atoms with Crippen LogP contribution in [0.25, 0.3) is 0 Å². The number of sulfonamides is 1. The molecule has 0 aromatic heterocycles. The van der Waals surface area contributed by atoms with Crippen molar-refractivity contribution in [2.45, 2.75) is 66.5 Å². The van der Waals surface area contributed by atoms with E-state index in [1.165, 1.54) is 10.6 Å². The normalized spacial score (nSPS) is 12.2. The number of anilines is 1. The van der Waals surface area contributed by atoms with Gasteiger partial charge in [0.15, 0.2) is 0 Å². The fourth-order valence-electron chi connectivity index (χ4n) is 4.15. The maximum atomic E-state index is 13.5. The molecule has 0 fully saturated rings. The first-order chi connectivity index (χ1) is 17.9. The first-order valence-electron chi connectivity index (χ1n) is 13.1. The fourth-order valence-corrected chi connectivity index (χ4v) is 5.11. The van der Waals surface area contributed by atoms with Crippen molar-refractivity contribution in [3.05, 3.63) is 59.2 Å². The van der Waals surface area contributed by atoms with Crippen LogP contribution < -0.4 is 14.4 Å². The number of carbonyl (C=O) groups excluding carboxylic acids is 2. The quantitative estimate of drug-likeness (QED) is 0.379. The van der Waals surface area contributed by atoms with Gasteiger partial charge in [-0.25, -0.2) is 8.42 Å². The fraction of sp³-hybridized carbons (Fsp3) is 0.517. The predicted molar refractivity (Wildman–Crippen MR) is 153 cm³/mol. The molecule has 1 atom stereocenters. The number of rotatable bonds is 14. The summed E-state index contributed by atoms with van der Waals surface area (Å²) in [6.45, 7) is 10.8. The Morgan fingerprint density at radius 3 is 2.21 bits per heavy atom. The van der Waals surface area contributed by atoms with E-state index in [-0.39, 0.29) is 37.2 Å². The molecule has 2 aromatic carbocycles. The van der Waals surface area contributed by atoms with Crippen LogP contribution in [0, 0.1) is 19.8 Å². The minimum Gasteiger partial charge on any atom is -0.497 e. The van der Waals surface area contributed by atoms with Gasteiger partial charge in [0.1, 0.15) is 11.8 Å². The highest BCUT2D eigenvalue weighted by Gasteiger charge is 2.29. The molecule has 0 saturated heterocycles. The average Bonchev–Trinajstić information content (AvgIpc) is 2.86. The van der Waals surface area contributed by atoms with Gasteiger partial charge < -0.3 is 15.0 Å². The Hall–Kier alpha value is -3.07. The van der Waals surface area contributed by atoms with Crippen LogP contribution in [0.2, 0.25) is 0 Å². The van der Waals surface area contributed by atoms with Crippen molar-refractivity contribution in [3.63, 3.8) is 0 Å². The van der Waals surface area contributed by atoms with Crippen molar-refractivity contribution in [3.8, 4) is 5.75 Å². The van der Waals surface area contributed by atoms with E-state index in [1.54, 1.807) is 18.1 Å². The molecule has 0 spiro atoms. The molecule has 0 unspecified atom stereocenters. The summed E-state index contributed by atoms with van der Waals surface area (Å²) in [4.78, 5) is 28.2. The summed E-state index contributed by atoms with van der Waals surface area (Å²) in [6, 6.07) is 12.3. The third-order valence-corrected chi connectivity index (χ3v) is 7.71. The van der Waals surface area contributed by atoms with E-state index < -0.39 is 16.1 Å². The summed E-state index contributed by atoms with van der Waals surface area (Å²) in [5, 5.41) is 2.96. The lowest BCUT2D eigenvalue weighted by Gasteiger charge is -2.31. The molecule has 0 heterocycles. The van der Waals surface area contributed by atoms with E-state index >= 15 is 0 Å². The van der Waals surface area contributed by atoms with Crippen molar-refractivity contribution in [2.75, 3.05) is 30.8 Å². The molecule has 0 radical (unpaired) electrons. The number of carbonyl (C=O) groups is 2. The summed E-state index contributed by atoms with van der Waals surface area (Å²) in [5.74, 6) is 0.618. The van der Waals surface area contributed by atoms with Crippen molar-refractivity contribution >= 4 is 27.5 Å². The second kappa shape index (κ2) is 14.2. The SMILES string of the molecule is CC[C@@H](C(=O)NCC(C)C)N(Cc1ccc(OC)cc1)C(=O)CCCN(c1ccc(C)c(C)c1)S(C)(=O)=O. The number of hydrogen-bond donors (Lipinski definition) is 1. The number of aryl methyl sites for hydroxylation is 2. The van der Waals surface area contributed by atoms with E-state index in [0.717, 1.165) is 16.7 Å². The van der Waals surface area contributed by atoms with Gasteiger partial charge in [0.2, 0.25) is 21.8 Å². The molecule has 2 rings (SSSR count). The lowest BCUT2D eigenvalue weighted by molar-refractivity contribution is -0.141. The van der Waals surface area contributed by atoms with Gasteiger partial charge in [0.05, 0.1) is 19.1 Å². The first kappa shape index (κ1) is 31.1. The lowest BCUT2D eigenvalue weighted by atomic mass is 10.1. The van der Waals surface area contributed by atoms with E-state index in [0.29, 0.717) is 30.8 Å². The van der Waals surface area contributed by atoms with Crippen molar-refractivity contribution in [2.24, 2.45) is 5.92 Å². The summed E-state index contributed by atoms with van der Waals surface area (Å²) in [5.41, 5.74) is 3.53. The molecule has 0 aliphatic rings. The molecule has 210 valence electrons. The highest BCUT2D eigenvalue weighted by atomic mass is 32.2. The minimum absolute atomic E-state index is 0.112. The Morgan fingerprint density at radius 2 is 1.68 bits per heavy atom. The van der Waals surface area contributed by atoms with E-state index in [1.807, 2.05) is 71.0 Å². The second-order valence-corrected chi connectivity index (χ2v) is 12.0. The topological polar surface area (TPSA) is 96.0 Å². The van der Waals surface area contributed by atoms with Gasteiger partial charge in [-0.2, -0.15) is 0 Å². The van der Waals surface area contributed by atoms with Crippen LogP contribution in [0.15, 0.2) is 42.5 Å². The highest BCUT2D eigenvalue weighted by molar-refractivity contribution is 7.92. The smallest absolute Gasteiger partial charge is 0.242 e. The van der Waals surface area contributed by atoms with Gasteiger partial charge in [-0.1, -0.05) is 39.0 Å². The van der Waals surface area contributed by atoms with Crippen molar-refractivity contribution < 1.29 is 22.7 Å².